The average Bonchev–Trinajstić information content (AvgIpc) is 2.20. The van der Waals surface area contributed by atoms with Crippen LogP contribution in [0.2, 0.25) is 0 Å². The Hall–Kier alpha value is -1.36. The van der Waals surface area contributed by atoms with E-state index in [2.05, 4.69) is 16.9 Å². The van der Waals surface area contributed by atoms with Crippen LogP contribution < -0.4 is 10.6 Å². The number of rotatable bonds is 1. The van der Waals surface area contributed by atoms with Crippen LogP contribution in [0.15, 0.2) is 12.4 Å². The second-order valence-corrected chi connectivity index (χ2v) is 3.85. The van der Waals surface area contributed by atoms with E-state index < -0.39 is 0 Å². The van der Waals surface area contributed by atoms with Gasteiger partial charge in [-0.15, -0.1) is 0 Å². The number of pyridine rings is 1. The highest BCUT2D eigenvalue weighted by molar-refractivity contribution is 5.67. The summed E-state index contributed by atoms with van der Waals surface area (Å²) in [6.45, 7) is 3.48. The standard InChI is InChI=1S/C10H15FN4/c1-14-2-4-15(5-3-14)10-8(11)6-13-7-9(10)12/h6-7H,2-5,12H2,1H3. The molecule has 1 fully saturated rings. The number of anilines is 2. The van der Waals surface area contributed by atoms with Gasteiger partial charge in [0.15, 0.2) is 5.82 Å². The van der Waals surface area contributed by atoms with Gasteiger partial charge < -0.3 is 15.5 Å². The Morgan fingerprint density at radius 1 is 1.27 bits per heavy atom. The fourth-order valence-electron chi connectivity index (χ4n) is 1.81. The van der Waals surface area contributed by atoms with Gasteiger partial charge in [0.25, 0.3) is 0 Å². The molecule has 2 N–H and O–H groups in total. The van der Waals surface area contributed by atoms with Crippen LogP contribution in [0, 0.1) is 5.82 Å². The summed E-state index contributed by atoms with van der Waals surface area (Å²) in [5.41, 5.74) is 6.64. The molecule has 0 amide bonds. The van der Waals surface area contributed by atoms with Gasteiger partial charge in [0.2, 0.25) is 0 Å². The molecule has 15 heavy (non-hydrogen) atoms. The van der Waals surface area contributed by atoms with Crippen molar-refractivity contribution in [1.29, 1.82) is 0 Å². The van der Waals surface area contributed by atoms with Gasteiger partial charge in [0.1, 0.15) is 0 Å². The monoisotopic (exact) mass is 210 g/mol. The van der Waals surface area contributed by atoms with Crippen molar-refractivity contribution in [3.05, 3.63) is 18.2 Å². The summed E-state index contributed by atoms with van der Waals surface area (Å²) < 4.78 is 13.5. The van der Waals surface area contributed by atoms with Crippen molar-refractivity contribution < 1.29 is 4.39 Å². The quantitative estimate of drug-likeness (QED) is 0.735. The summed E-state index contributed by atoms with van der Waals surface area (Å²) in [6, 6.07) is 0. The maximum absolute atomic E-state index is 13.5. The van der Waals surface area contributed by atoms with Gasteiger partial charge in [0, 0.05) is 26.2 Å². The Bertz CT molecular complexity index is 327. The van der Waals surface area contributed by atoms with Crippen LogP contribution in [0.3, 0.4) is 0 Å². The Morgan fingerprint density at radius 3 is 2.53 bits per heavy atom. The molecule has 5 heteroatoms. The Balaban J connectivity index is 2.22. The maximum atomic E-state index is 13.5. The highest BCUT2D eigenvalue weighted by atomic mass is 19.1. The molecule has 2 heterocycles. The molecule has 0 saturated carbocycles. The summed E-state index contributed by atoms with van der Waals surface area (Å²) in [5, 5.41) is 0. The van der Waals surface area contributed by atoms with Gasteiger partial charge in [-0.3, -0.25) is 4.98 Å². The van der Waals surface area contributed by atoms with Crippen LogP contribution in [0.1, 0.15) is 0 Å². The van der Waals surface area contributed by atoms with Crippen molar-refractivity contribution >= 4 is 11.4 Å². The van der Waals surface area contributed by atoms with Crippen LogP contribution in [-0.2, 0) is 0 Å². The van der Waals surface area contributed by atoms with E-state index in [-0.39, 0.29) is 5.82 Å². The summed E-state index contributed by atoms with van der Waals surface area (Å²) in [4.78, 5) is 7.91. The SMILES string of the molecule is CN1CCN(c2c(N)cncc2F)CC1. The van der Waals surface area contributed by atoms with Gasteiger partial charge in [-0.2, -0.15) is 0 Å². The first-order chi connectivity index (χ1) is 7.18. The smallest absolute Gasteiger partial charge is 0.166 e. The first-order valence-corrected chi connectivity index (χ1v) is 5.01. The predicted octanol–water partition coefficient (Wildman–Crippen LogP) is 0.555. The summed E-state index contributed by atoms with van der Waals surface area (Å²) in [6.07, 6.45) is 2.71. The molecule has 0 aliphatic carbocycles. The van der Waals surface area contributed by atoms with Gasteiger partial charge >= 0.3 is 0 Å². The molecular formula is C10H15FN4. The highest BCUT2D eigenvalue weighted by Crippen LogP contribution is 2.26. The van der Waals surface area contributed by atoms with Crippen LogP contribution in [0.5, 0.6) is 0 Å². The minimum absolute atomic E-state index is 0.334. The molecule has 0 unspecified atom stereocenters. The molecule has 1 saturated heterocycles. The lowest BCUT2D eigenvalue weighted by Crippen LogP contribution is -2.45. The fourth-order valence-corrected chi connectivity index (χ4v) is 1.81. The molecule has 1 aliphatic rings. The van der Waals surface area contributed by atoms with Crippen LogP contribution in [0.25, 0.3) is 0 Å². The first-order valence-electron chi connectivity index (χ1n) is 5.01. The van der Waals surface area contributed by atoms with Crippen LogP contribution in [0.4, 0.5) is 15.8 Å². The Kier molecular flexibility index (Phi) is 2.73. The third-order valence-electron chi connectivity index (χ3n) is 2.72. The number of halogens is 1. The molecule has 0 atom stereocenters. The van der Waals surface area contributed by atoms with E-state index in [0.717, 1.165) is 26.2 Å². The zero-order valence-electron chi connectivity index (χ0n) is 8.78. The second-order valence-electron chi connectivity index (χ2n) is 3.85. The summed E-state index contributed by atoms with van der Waals surface area (Å²) in [7, 11) is 2.06. The van der Waals surface area contributed by atoms with E-state index in [1.165, 1.54) is 12.4 Å². The molecule has 82 valence electrons. The van der Waals surface area contributed by atoms with Crippen molar-refractivity contribution in [3.63, 3.8) is 0 Å². The van der Waals surface area contributed by atoms with Crippen LogP contribution in [-0.4, -0.2) is 43.1 Å². The number of nitrogen functional groups attached to an aromatic ring is 1. The normalized spacial score (nSPS) is 18.1. The van der Waals surface area contributed by atoms with E-state index in [4.69, 9.17) is 5.73 Å². The molecule has 0 bridgehead atoms. The number of hydrogen-bond acceptors (Lipinski definition) is 4. The molecule has 0 spiro atoms. The third kappa shape index (κ3) is 2.02. The van der Waals surface area contributed by atoms with Crippen molar-refractivity contribution in [2.45, 2.75) is 0 Å². The molecule has 2 rings (SSSR count). The minimum atomic E-state index is -0.334. The van der Waals surface area contributed by atoms with E-state index in [1.807, 2.05) is 4.90 Å². The van der Waals surface area contributed by atoms with Crippen molar-refractivity contribution in [2.24, 2.45) is 0 Å². The Labute approximate surface area is 88.5 Å². The molecule has 1 aromatic rings. The topological polar surface area (TPSA) is 45.4 Å². The van der Waals surface area contributed by atoms with Crippen LogP contribution >= 0.6 is 0 Å². The van der Waals surface area contributed by atoms with E-state index in [9.17, 15) is 4.39 Å². The number of nitrogens with zero attached hydrogens (tertiary/aromatic N) is 3. The number of likely N-dealkylation sites (N-methyl/N-ethyl adjacent to an activating group) is 1. The summed E-state index contributed by atoms with van der Waals surface area (Å²) in [5.74, 6) is -0.334. The predicted molar refractivity (Wildman–Crippen MR) is 58.3 cm³/mol. The summed E-state index contributed by atoms with van der Waals surface area (Å²) >= 11 is 0. The molecule has 0 aromatic carbocycles. The van der Waals surface area contributed by atoms with Crippen molar-refractivity contribution in [1.82, 2.24) is 9.88 Å². The van der Waals surface area contributed by atoms with Gasteiger partial charge in [-0.05, 0) is 7.05 Å². The van der Waals surface area contributed by atoms with E-state index >= 15 is 0 Å². The molecule has 1 aliphatic heterocycles. The molecule has 1 aromatic heterocycles. The lowest BCUT2D eigenvalue weighted by Gasteiger charge is -2.34. The lowest BCUT2D eigenvalue weighted by atomic mass is 10.2. The number of aromatic nitrogens is 1. The first kappa shape index (κ1) is 10.2. The van der Waals surface area contributed by atoms with Crippen molar-refractivity contribution in [2.75, 3.05) is 43.9 Å². The highest BCUT2D eigenvalue weighted by Gasteiger charge is 2.19. The van der Waals surface area contributed by atoms with E-state index in [1.54, 1.807) is 0 Å². The lowest BCUT2D eigenvalue weighted by molar-refractivity contribution is 0.312. The van der Waals surface area contributed by atoms with Crippen molar-refractivity contribution in [3.8, 4) is 0 Å². The number of nitrogens with two attached hydrogens (primary N) is 1. The van der Waals surface area contributed by atoms with E-state index in [0.29, 0.717) is 11.4 Å². The zero-order chi connectivity index (χ0) is 10.8. The number of hydrogen-bond donors (Lipinski definition) is 1. The molecular weight excluding hydrogens is 195 g/mol. The third-order valence-corrected chi connectivity index (χ3v) is 2.72. The van der Waals surface area contributed by atoms with Gasteiger partial charge in [-0.25, -0.2) is 4.39 Å². The minimum Gasteiger partial charge on any atom is -0.396 e. The van der Waals surface area contributed by atoms with Gasteiger partial charge in [-0.1, -0.05) is 0 Å². The second kappa shape index (κ2) is 4.02. The number of piperazine rings is 1. The Morgan fingerprint density at radius 2 is 1.93 bits per heavy atom. The maximum Gasteiger partial charge on any atom is 0.166 e. The van der Waals surface area contributed by atoms with Gasteiger partial charge in [0.05, 0.1) is 23.8 Å². The molecule has 4 nitrogen and oxygen atoms in total. The fraction of sp³-hybridized carbons (Fsp3) is 0.500. The average molecular weight is 210 g/mol. The molecule has 0 radical (unpaired) electrons. The largest absolute Gasteiger partial charge is 0.396 e. The zero-order valence-corrected chi connectivity index (χ0v) is 8.78.